The molecule has 39 heavy (non-hydrogen) atoms. The molecule has 4 heterocycles. The minimum Gasteiger partial charge on any atom is -0.347 e. The highest BCUT2D eigenvalue weighted by Crippen LogP contribution is 2.42. The summed E-state index contributed by atoms with van der Waals surface area (Å²) in [5.41, 5.74) is 1.63. The molecular formula is C29H41N7O2S. The Morgan fingerprint density at radius 1 is 0.872 bits per heavy atom. The number of sulfonamides is 1. The fourth-order valence-electron chi connectivity index (χ4n) is 6.88. The van der Waals surface area contributed by atoms with Crippen LogP contribution in [0.25, 0.3) is 0 Å². The molecule has 0 atom stereocenters. The van der Waals surface area contributed by atoms with Crippen LogP contribution in [0.2, 0.25) is 0 Å². The quantitative estimate of drug-likeness (QED) is 0.415. The van der Waals surface area contributed by atoms with Crippen LogP contribution in [0.1, 0.15) is 68.6 Å². The van der Waals surface area contributed by atoms with Gasteiger partial charge in [-0.3, -0.25) is 4.90 Å². The van der Waals surface area contributed by atoms with Gasteiger partial charge in [0, 0.05) is 43.9 Å². The molecule has 2 aromatic heterocycles. The van der Waals surface area contributed by atoms with E-state index in [1.807, 2.05) is 12.1 Å². The van der Waals surface area contributed by atoms with Crippen LogP contribution >= 0.6 is 0 Å². The summed E-state index contributed by atoms with van der Waals surface area (Å²) in [7, 11) is -3.74. The Morgan fingerprint density at radius 2 is 1.49 bits per heavy atom. The monoisotopic (exact) mass is 551 g/mol. The summed E-state index contributed by atoms with van der Waals surface area (Å²) in [5.74, 6) is 1.18. The Morgan fingerprint density at radius 3 is 2.08 bits per heavy atom. The fraction of sp³-hybridized carbons (Fsp3) is 0.586. The largest absolute Gasteiger partial charge is 0.347 e. The molecule has 3 aliphatic rings. The van der Waals surface area contributed by atoms with Crippen LogP contribution in [0.5, 0.6) is 0 Å². The second kappa shape index (κ2) is 11.5. The van der Waals surface area contributed by atoms with Crippen molar-refractivity contribution in [1.82, 2.24) is 34.0 Å². The minimum absolute atomic E-state index is 0.145. The molecule has 0 unspecified atom stereocenters. The Balaban J connectivity index is 1.07. The number of nitrogens with zero attached hydrogens (tertiary/aromatic N) is 5. The first-order valence-corrected chi connectivity index (χ1v) is 16.0. The molecule has 2 aliphatic heterocycles. The normalized spacial score (nSPS) is 21.3. The number of likely N-dealkylation sites (tertiary alicyclic amines) is 2. The predicted molar refractivity (Wildman–Crippen MR) is 150 cm³/mol. The number of piperidine rings is 1. The standard InChI is InChI=1S/C29H41N7O2S/c37-39(38,36(21-27-30-13-14-31-27)22-28-32-15-16-33-28)26-8-6-24(7-9-26)20-34-17-10-29(23-34)11-18-35(19-12-29)25-4-2-1-3-5-25/h6-9,13-16,25H,1-5,10-12,17-23H2,(H,30,31)(H,32,33). The van der Waals surface area contributed by atoms with Crippen LogP contribution in [0, 0.1) is 5.41 Å². The van der Waals surface area contributed by atoms with Gasteiger partial charge >= 0.3 is 0 Å². The number of hydrogen-bond donors (Lipinski definition) is 2. The van der Waals surface area contributed by atoms with Gasteiger partial charge in [-0.1, -0.05) is 31.4 Å². The van der Waals surface area contributed by atoms with Crippen molar-refractivity contribution < 1.29 is 8.42 Å². The molecule has 9 nitrogen and oxygen atoms in total. The van der Waals surface area contributed by atoms with E-state index in [0.717, 1.165) is 31.2 Å². The third-order valence-corrected chi connectivity index (χ3v) is 11.0. The van der Waals surface area contributed by atoms with Crippen LogP contribution < -0.4 is 0 Å². The molecular weight excluding hydrogens is 510 g/mol. The highest BCUT2D eigenvalue weighted by Gasteiger charge is 2.41. The number of rotatable bonds is 9. The Kier molecular flexibility index (Phi) is 7.88. The van der Waals surface area contributed by atoms with Gasteiger partial charge in [-0.2, -0.15) is 4.31 Å². The highest BCUT2D eigenvalue weighted by atomic mass is 32.2. The second-order valence-corrected chi connectivity index (χ2v) is 13.7. The molecule has 2 saturated heterocycles. The first-order chi connectivity index (χ1) is 19.0. The summed E-state index contributed by atoms with van der Waals surface area (Å²) in [4.78, 5) is 20.1. The molecule has 10 heteroatoms. The van der Waals surface area contributed by atoms with Crippen LogP contribution in [-0.4, -0.2) is 74.7 Å². The van der Waals surface area contributed by atoms with E-state index in [9.17, 15) is 8.42 Å². The smallest absolute Gasteiger partial charge is 0.243 e. The van der Waals surface area contributed by atoms with Crippen LogP contribution in [-0.2, 0) is 29.7 Å². The fourth-order valence-corrected chi connectivity index (χ4v) is 8.25. The molecule has 3 aromatic rings. The van der Waals surface area contributed by atoms with Crippen molar-refractivity contribution in [1.29, 1.82) is 0 Å². The van der Waals surface area contributed by atoms with Crippen molar-refractivity contribution in [3.05, 3.63) is 66.3 Å². The van der Waals surface area contributed by atoms with Crippen molar-refractivity contribution in [3.8, 4) is 0 Å². The van der Waals surface area contributed by atoms with Gasteiger partial charge in [-0.15, -0.1) is 0 Å². The molecule has 210 valence electrons. The molecule has 2 N–H and O–H groups in total. The lowest BCUT2D eigenvalue weighted by Crippen LogP contribution is -2.46. The Hall–Kier alpha value is -2.53. The van der Waals surface area contributed by atoms with E-state index in [1.54, 1.807) is 36.9 Å². The molecule has 1 aromatic carbocycles. The maximum absolute atomic E-state index is 13.6. The molecule has 6 rings (SSSR count). The lowest BCUT2D eigenvalue weighted by molar-refractivity contribution is 0.0615. The zero-order chi connectivity index (χ0) is 26.7. The third kappa shape index (κ3) is 6.14. The number of H-pyrrole nitrogens is 2. The van der Waals surface area contributed by atoms with Crippen molar-refractivity contribution in [2.75, 3.05) is 26.2 Å². The number of imidazole rings is 2. The first kappa shape index (κ1) is 26.7. The van der Waals surface area contributed by atoms with Crippen molar-refractivity contribution in [2.45, 2.75) is 81.9 Å². The molecule has 1 aliphatic carbocycles. The van der Waals surface area contributed by atoms with Gasteiger partial charge in [-0.05, 0) is 74.8 Å². The molecule has 0 radical (unpaired) electrons. The van der Waals surface area contributed by atoms with E-state index < -0.39 is 10.0 Å². The van der Waals surface area contributed by atoms with E-state index in [2.05, 4.69) is 29.7 Å². The van der Waals surface area contributed by atoms with Gasteiger partial charge in [0.15, 0.2) is 0 Å². The molecule has 0 amide bonds. The number of nitrogens with one attached hydrogen (secondary N) is 2. The first-order valence-electron chi connectivity index (χ1n) is 14.5. The van der Waals surface area contributed by atoms with Crippen molar-refractivity contribution in [2.24, 2.45) is 5.41 Å². The predicted octanol–water partition coefficient (Wildman–Crippen LogP) is 4.14. The lowest BCUT2D eigenvalue weighted by atomic mass is 9.77. The van der Waals surface area contributed by atoms with E-state index in [-0.39, 0.29) is 18.0 Å². The zero-order valence-electron chi connectivity index (χ0n) is 22.8. The van der Waals surface area contributed by atoms with Gasteiger partial charge in [0.25, 0.3) is 0 Å². The maximum Gasteiger partial charge on any atom is 0.243 e. The van der Waals surface area contributed by atoms with Crippen LogP contribution in [0.3, 0.4) is 0 Å². The molecule has 1 saturated carbocycles. The van der Waals surface area contributed by atoms with Crippen LogP contribution in [0.15, 0.2) is 53.9 Å². The Bertz CT molecular complexity index is 1240. The second-order valence-electron chi connectivity index (χ2n) is 11.8. The topological polar surface area (TPSA) is 101 Å². The van der Waals surface area contributed by atoms with Gasteiger partial charge in [0.05, 0.1) is 18.0 Å². The SMILES string of the molecule is O=S(=O)(c1ccc(CN2CCC3(CCN(C4CCCCC4)CC3)C2)cc1)N(Cc1ncc[nH]1)Cc1ncc[nH]1. The average molecular weight is 552 g/mol. The zero-order valence-corrected chi connectivity index (χ0v) is 23.6. The molecule has 1 spiro atoms. The third-order valence-electron chi connectivity index (χ3n) is 9.20. The molecule has 3 fully saturated rings. The van der Waals surface area contributed by atoms with E-state index in [0.29, 0.717) is 17.1 Å². The van der Waals surface area contributed by atoms with Crippen molar-refractivity contribution in [3.63, 3.8) is 0 Å². The van der Waals surface area contributed by atoms with E-state index >= 15 is 0 Å². The van der Waals surface area contributed by atoms with Crippen LogP contribution in [0.4, 0.5) is 0 Å². The molecule has 0 bridgehead atoms. The highest BCUT2D eigenvalue weighted by molar-refractivity contribution is 7.89. The minimum atomic E-state index is -3.74. The lowest BCUT2D eigenvalue weighted by Gasteiger charge is -2.43. The summed E-state index contributed by atoms with van der Waals surface area (Å²) < 4.78 is 28.6. The van der Waals surface area contributed by atoms with Crippen molar-refractivity contribution >= 4 is 10.0 Å². The average Bonchev–Trinajstić information content (AvgIpc) is 3.74. The van der Waals surface area contributed by atoms with Gasteiger partial charge in [0.1, 0.15) is 11.6 Å². The summed E-state index contributed by atoms with van der Waals surface area (Å²) in [5, 5.41) is 0. The summed E-state index contributed by atoms with van der Waals surface area (Å²) in [6, 6.07) is 8.27. The summed E-state index contributed by atoms with van der Waals surface area (Å²) >= 11 is 0. The van der Waals surface area contributed by atoms with E-state index in [4.69, 9.17) is 0 Å². The van der Waals surface area contributed by atoms with Gasteiger partial charge in [-0.25, -0.2) is 18.4 Å². The van der Waals surface area contributed by atoms with E-state index in [1.165, 1.54) is 68.8 Å². The Labute approximate surface area is 232 Å². The number of aromatic nitrogens is 4. The maximum atomic E-state index is 13.6. The van der Waals surface area contributed by atoms with Gasteiger partial charge < -0.3 is 14.9 Å². The number of aromatic amines is 2. The number of benzene rings is 1. The van der Waals surface area contributed by atoms with Gasteiger partial charge in [0.2, 0.25) is 10.0 Å². The summed E-state index contributed by atoms with van der Waals surface area (Å²) in [6.07, 6.45) is 17.6. The summed E-state index contributed by atoms with van der Waals surface area (Å²) in [6.45, 7) is 5.97. The number of hydrogen-bond acceptors (Lipinski definition) is 6.